The standard InChI is InChI=1S/C11H15ClN2O/c12-8-2-3-10(13)9(6-8)11(15)4-1-5-14-7-11/h2-3,6,14-15H,1,4-5,7,13H2. The number of β-amino-alcohol motifs (C(OH)–C–C–N with tert-alkyl or cyclic N) is 1. The molecule has 1 aliphatic rings. The number of hydrogen-bond acceptors (Lipinski definition) is 3. The fourth-order valence-corrected chi connectivity index (χ4v) is 2.22. The molecule has 2 rings (SSSR count). The van der Waals surface area contributed by atoms with Crippen LogP contribution in [0.1, 0.15) is 18.4 Å². The molecule has 1 heterocycles. The average Bonchev–Trinajstić information content (AvgIpc) is 2.23. The fraction of sp³-hybridized carbons (Fsp3) is 0.455. The van der Waals surface area contributed by atoms with E-state index in [9.17, 15) is 5.11 Å². The summed E-state index contributed by atoms with van der Waals surface area (Å²) in [7, 11) is 0. The molecular formula is C11H15ClN2O. The zero-order valence-electron chi connectivity index (χ0n) is 8.46. The first-order chi connectivity index (χ1) is 7.12. The van der Waals surface area contributed by atoms with Gasteiger partial charge in [0.25, 0.3) is 0 Å². The van der Waals surface area contributed by atoms with E-state index in [0.717, 1.165) is 24.9 Å². The summed E-state index contributed by atoms with van der Waals surface area (Å²) < 4.78 is 0. The molecule has 0 saturated carbocycles. The van der Waals surface area contributed by atoms with Gasteiger partial charge in [0.15, 0.2) is 0 Å². The second-order valence-electron chi connectivity index (χ2n) is 4.04. The second kappa shape index (κ2) is 4.00. The first-order valence-electron chi connectivity index (χ1n) is 5.10. The Morgan fingerprint density at radius 2 is 2.27 bits per heavy atom. The Morgan fingerprint density at radius 3 is 2.93 bits per heavy atom. The summed E-state index contributed by atoms with van der Waals surface area (Å²) in [6, 6.07) is 5.23. The SMILES string of the molecule is Nc1ccc(Cl)cc1C1(O)CCCNC1. The fourth-order valence-electron chi connectivity index (χ4n) is 2.05. The molecule has 1 aromatic carbocycles. The van der Waals surface area contributed by atoms with Crippen molar-refractivity contribution in [3.05, 3.63) is 28.8 Å². The van der Waals surface area contributed by atoms with Crippen LogP contribution in [0.15, 0.2) is 18.2 Å². The minimum atomic E-state index is -0.868. The predicted molar refractivity (Wildman–Crippen MR) is 61.9 cm³/mol. The molecule has 1 aliphatic heterocycles. The number of aliphatic hydroxyl groups is 1. The third-order valence-corrected chi connectivity index (χ3v) is 3.11. The van der Waals surface area contributed by atoms with Crippen LogP contribution in [0.2, 0.25) is 5.02 Å². The van der Waals surface area contributed by atoms with Crippen molar-refractivity contribution in [3.63, 3.8) is 0 Å². The summed E-state index contributed by atoms with van der Waals surface area (Å²) in [6.07, 6.45) is 1.67. The Kier molecular flexibility index (Phi) is 2.87. The van der Waals surface area contributed by atoms with E-state index in [0.29, 0.717) is 17.3 Å². The number of hydrogen-bond donors (Lipinski definition) is 3. The highest BCUT2D eigenvalue weighted by molar-refractivity contribution is 6.30. The monoisotopic (exact) mass is 226 g/mol. The minimum Gasteiger partial charge on any atom is -0.398 e. The summed E-state index contributed by atoms with van der Waals surface area (Å²) in [4.78, 5) is 0. The number of nitrogens with one attached hydrogen (secondary N) is 1. The van der Waals surface area contributed by atoms with Crippen LogP contribution in [0.5, 0.6) is 0 Å². The number of piperidine rings is 1. The Hall–Kier alpha value is -0.770. The van der Waals surface area contributed by atoms with Gasteiger partial charge in [-0.1, -0.05) is 11.6 Å². The Balaban J connectivity index is 2.38. The molecule has 1 saturated heterocycles. The van der Waals surface area contributed by atoms with Crippen molar-refractivity contribution in [2.75, 3.05) is 18.8 Å². The van der Waals surface area contributed by atoms with Crippen LogP contribution in [-0.4, -0.2) is 18.2 Å². The molecular weight excluding hydrogens is 212 g/mol. The van der Waals surface area contributed by atoms with Gasteiger partial charge >= 0.3 is 0 Å². The molecule has 0 aromatic heterocycles. The van der Waals surface area contributed by atoms with E-state index in [1.54, 1.807) is 18.2 Å². The van der Waals surface area contributed by atoms with Gasteiger partial charge in [-0.15, -0.1) is 0 Å². The van der Waals surface area contributed by atoms with Gasteiger partial charge in [0.05, 0.1) is 0 Å². The molecule has 4 heteroatoms. The first kappa shape index (κ1) is 10.7. The van der Waals surface area contributed by atoms with E-state index < -0.39 is 5.60 Å². The van der Waals surface area contributed by atoms with Crippen LogP contribution >= 0.6 is 11.6 Å². The smallest absolute Gasteiger partial charge is 0.104 e. The van der Waals surface area contributed by atoms with Gasteiger partial charge in [0.1, 0.15) is 5.60 Å². The van der Waals surface area contributed by atoms with Crippen LogP contribution in [0.25, 0.3) is 0 Å². The molecule has 0 bridgehead atoms. The van der Waals surface area contributed by atoms with Crippen molar-refractivity contribution in [1.29, 1.82) is 0 Å². The highest BCUT2D eigenvalue weighted by atomic mass is 35.5. The summed E-state index contributed by atoms with van der Waals surface area (Å²) in [6.45, 7) is 1.49. The lowest BCUT2D eigenvalue weighted by Crippen LogP contribution is -2.43. The molecule has 82 valence electrons. The van der Waals surface area contributed by atoms with Crippen molar-refractivity contribution in [2.24, 2.45) is 0 Å². The van der Waals surface area contributed by atoms with Crippen molar-refractivity contribution in [2.45, 2.75) is 18.4 Å². The van der Waals surface area contributed by atoms with E-state index in [-0.39, 0.29) is 0 Å². The maximum Gasteiger partial charge on any atom is 0.104 e. The van der Waals surface area contributed by atoms with Gasteiger partial charge in [-0.25, -0.2) is 0 Å². The highest BCUT2D eigenvalue weighted by Gasteiger charge is 2.32. The van der Waals surface area contributed by atoms with Crippen molar-refractivity contribution >= 4 is 17.3 Å². The number of halogens is 1. The lowest BCUT2D eigenvalue weighted by Gasteiger charge is -2.34. The number of benzene rings is 1. The van der Waals surface area contributed by atoms with E-state index >= 15 is 0 Å². The quantitative estimate of drug-likeness (QED) is 0.636. The van der Waals surface area contributed by atoms with Gasteiger partial charge in [0, 0.05) is 22.8 Å². The lowest BCUT2D eigenvalue weighted by atomic mass is 9.86. The molecule has 0 spiro atoms. The van der Waals surface area contributed by atoms with Crippen LogP contribution in [0, 0.1) is 0 Å². The summed E-state index contributed by atoms with van der Waals surface area (Å²) in [5, 5.41) is 14.2. The van der Waals surface area contributed by atoms with Crippen molar-refractivity contribution in [1.82, 2.24) is 5.32 Å². The molecule has 1 atom stereocenters. The number of anilines is 1. The molecule has 1 aromatic rings. The third kappa shape index (κ3) is 2.09. The van der Waals surface area contributed by atoms with Crippen LogP contribution in [0.3, 0.4) is 0 Å². The second-order valence-corrected chi connectivity index (χ2v) is 4.48. The third-order valence-electron chi connectivity index (χ3n) is 2.88. The number of rotatable bonds is 1. The van der Waals surface area contributed by atoms with Crippen LogP contribution < -0.4 is 11.1 Å². The summed E-state index contributed by atoms with van der Waals surface area (Å²) in [5.74, 6) is 0. The topological polar surface area (TPSA) is 58.3 Å². The van der Waals surface area contributed by atoms with Crippen molar-refractivity contribution < 1.29 is 5.11 Å². The Bertz CT molecular complexity index is 362. The average molecular weight is 227 g/mol. The molecule has 15 heavy (non-hydrogen) atoms. The van der Waals surface area contributed by atoms with E-state index in [1.165, 1.54) is 0 Å². The molecule has 4 N–H and O–H groups in total. The van der Waals surface area contributed by atoms with Gasteiger partial charge < -0.3 is 16.2 Å². The Morgan fingerprint density at radius 1 is 1.47 bits per heavy atom. The number of nitrogen functional groups attached to an aromatic ring is 1. The van der Waals surface area contributed by atoms with Gasteiger partial charge in [-0.05, 0) is 37.6 Å². The van der Waals surface area contributed by atoms with E-state index in [4.69, 9.17) is 17.3 Å². The van der Waals surface area contributed by atoms with Crippen LogP contribution in [0.4, 0.5) is 5.69 Å². The highest BCUT2D eigenvalue weighted by Crippen LogP contribution is 2.33. The van der Waals surface area contributed by atoms with E-state index in [2.05, 4.69) is 5.32 Å². The van der Waals surface area contributed by atoms with E-state index in [1.807, 2.05) is 0 Å². The van der Waals surface area contributed by atoms with Crippen molar-refractivity contribution in [3.8, 4) is 0 Å². The van der Waals surface area contributed by atoms with Gasteiger partial charge in [-0.2, -0.15) is 0 Å². The van der Waals surface area contributed by atoms with Gasteiger partial charge in [0.2, 0.25) is 0 Å². The molecule has 0 amide bonds. The lowest BCUT2D eigenvalue weighted by molar-refractivity contribution is 0.0130. The normalized spacial score (nSPS) is 26.5. The summed E-state index contributed by atoms with van der Waals surface area (Å²) >= 11 is 5.91. The molecule has 0 aliphatic carbocycles. The first-order valence-corrected chi connectivity index (χ1v) is 5.48. The zero-order valence-corrected chi connectivity index (χ0v) is 9.22. The Labute approximate surface area is 94.2 Å². The largest absolute Gasteiger partial charge is 0.398 e. The zero-order chi connectivity index (χ0) is 10.9. The molecule has 1 fully saturated rings. The maximum absolute atomic E-state index is 10.4. The van der Waals surface area contributed by atoms with Crippen LogP contribution in [-0.2, 0) is 5.60 Å². The molecule has 0 radical (unpaired) electrons. The summed E-state index contributed by atoms with van der Waals surface area (Å²) in [5.41, 5.74) is 6.33. The minimum absolute atomic E-state index is 0.539. The molecule has 3 nitrogen and oxygen atoms in total. The predicted octanol–water partition coefficient (Wildman–Crippen LogP) is 1.49. The van der Waals surface area contributed by atoms with Gasteiger partial charge in [-0.3, -0.25) is 0 Å². The maximum atomic E-state index is 10.4. The molecule has 1 unspecified atom stereocenters. The number of nitrogens with two attached hydrogens (primary N) is 1.